The molecule has 1 unspecified atom stereocenters. The van der Waals surface area contributed by atoms with Gasteiger partial charge in [-0.25, -0.2) is 0 Å². The lowest BCUT2D eigenvalue weighted by Crippen LogP contribution is -2.24. The minimum Gasteiger partial charge on any atom is -0.378 e. The average Bonchev–Trinajstić information content (AvgIpc) is 2.92. The first kappa shape index (κ1) is 12.0. The molecule has 2 nitrogen and oxygen atoms in total. The Morgan fingerprint density at radius 3 is 2.57 bits per heavy atom. The molecule has 0 aromatic heterocycles. The monoisotopic (exact) mass is 199 g/mol. The van der Waals surface area contributed by atoms with Crippen molar-refractivity contribution in [3.63, 3.8) is 0 Å². The molecule has 0 amide bonds. The second-order valence-electron chi connectivity index (χ2n) is 4.84. The third-order valence-corrected chi connectivity index (χ3v) is 2.65. The van der Waals surface area contributed by atoms with Gasteiger partial charge in [0.25, 0.3) is 0 Å². The summed E-state index contributed by atoms with van der Waals surface area (Å²) in [5.41, 5.74) is 0. The summed E-state index contributed by atoms with van der Waals surface area (Å²) in [5.74, 6) is 0.895. The molecule has 1 fully saturated rings. The average molecular weight is 199 g/mol. The highest BCUT2D eigenvalue weighted by Crippen LogP contribution is 2.29. The fourth-order valence-corrected chi connectivity index (χ4v) is 1.45. The first-order chi connectivity index (χ1) is 6.68. The van der Waals surface area contributed by atoms with E-state index in [9.17, 15) is 0 Å². The molecular formula is C12H25NO. The zero-order valence-electron chi connectivity index (χ0n) is 9.88. The van der Waals surface area contributed by atoms with E-state index in [1.54, 1.807) is 0 Å². The molecule has 0 heterocycles. The largest absolute Gasteiger partial charge is 0.378 e. The van der Waals surface area contributed by atoms with E-state index in [1.165, 1.54) is 25.7 Å². The molecule has 1 rings (SSSR count). The first-order valence-electron chi connectivity index (χ1n) is 6.03. The van der Waals surface area contributed by atoms with Crippen LogP contribution in [0.25, 0.3) is 0 Å². The van der Waals surface area contributed by atoms with Gasteiger partial charge in [-0.15, -0.1) is 0 Å². The van der Waals surface area contributed by atoms with Crippen molar-refractivity contribution in [1.82, 2.24) is 5.32 Å². The van der Waals surface area contributed by atoms with Crippen LogP contribution in [0.1, 0.15) is 46.5 Å². The van der Waals surface area contributed by atoms with Gasteiger partial charge in [-0.2, -0.15) is 0 Å². The van der Waals surface area contributed by atoms with Crippen LogP contribution in [-0.2, 0) is 4.74 Å². The summed E-state index contributed by atoms with van der Waals surface area (Å²) >= 11 is 0. The van der Waals surface area contributed by atoms with Crippen molar-refractivity contribution in [2.45, 2.75) is 58.6 Å². The summed E-state index contributed by atoms with van der Waals surface area (Å²) in [4.78, 5) is 0. The number of nitrogens with one attached hydrogen (secondary N) is 1. The molecule has 0 radical (unpaired) electrons. The van der Waals surface area contributed by atoms with Crippen LogP contribution in [0.2, 0.25) is 0 Å². The van der Waals surface area contributed by atoms with E-state index in [1.807, 2.05) is 0 Å². The Bertz CT molecular complexity index is 143. The Morgan fingerprint density at radius 2 is 2.00 bits per heavy atom. The molecule has 0 spiro atoms. The number of rotatable bonds is 8. The van der Waals surface area contributed by atoms with Crippen molar-refractivity contribution >= 4 is 0 Å². The minimum atomic E-state index is 0.449. The molecular weight excluding hydrogens is 174 g/mol. The topological polar surface area (TPSA) is 21.3 Å². The molecule has 1 aliphatic rings. The third-order valence-electron chi connectivity index (χ3n) is 2.65. The van der Waals surface area contributed by atoms with E-state index >= 15 is 0 Å². The summed E-state index contributed by atoms with van der Waals surface area (Å²) in [6, 6.07) is 0.609. The molecule has 0 aromatic carbocycles. The van der Waals surface area contributed by atoms with Crippen LogP contribution >= 0.6 is 0 Å². The molecule has 0 bridgehead atoms. The lowest BCUT2D eigenvalue weighted by Gasteiger charge is -2.13. The Morgan fingerprint density at radius 1 is 1.29 bits per heavy atom. The molecule has 84 valence electrons. The lowest BCUT2D eigenvalue weighted by molar-refractivity contribution is 0.0515. The minimum absolute atomic E-state index is 0.449. The normalized spacial score (nSPS) is 18.9. The lowest BCUT2D eigenvalue weighted by atomic mass is 10.2. The van der Waals surface area contributed by atoms with E-state index < -0.39 is 0 Å². The fraction of sp³-hybridized carbons (Fsp3) is 1.00. The van der Waals surface area contributed by atoms with Crippen LogP contribution in [0.4, 0.5) is 0 Å². The quantitative estimate of drug-likeness (QED) is 0.607. The highest BCUT2D eigenvalue weighted by atomic mass is 16.5. The van der Waals surface area contributed by atoms with Crippen LogP contribution in [0.15, 0.2) is 0 Å². The molecule has 2 heteroatoms. The predicted molar refractivity (Wildman–Crippen MR) is 60.5 cm³/mol. The Balaban J connectivity index is 1.83. The summed E-state index contributed by atoms with van der Waals surface area (Å²) in [6.07, 6.45) is 5.64. The second-order valence-corrected chi connectivity index (χ2v) is 4.84. The summed E-state index contributed by atoms with van der Waals surface area (Å²) in [6.45, 7) is 8.69. The number of hydrogen-bond acceptors (Lipinski definition) is 2. The first-order valence-corrected chi connectivity index (χ1v) is 6.03. The molecule has 1 saturated carbocycles. The van der Waals surface area contributed by atoms with E-state index in [0.717, 1.165) is 19.1 Å². The molecule has 1 N–H and O–H groups in total. The summed E-state index contributed by atoms with van der Waals surface area (Å²) < 4.78 is 5.75. The van der Waals surface area contributed by atoms with Gasteiger partial charge in [-0.1, -0.05) is 13.8 Å². The van der Waals surface area contributed by atoms with Gasteiger partial charge in [0.1, 0.15) is 0 Å². The zero-order valence-corrected chi connectivity index (χ0v) is 9.88. The maximum atomic E-state index is 5.75. The molecule has 0 aromatic rings. The van der Waals surface area contributed by atoms with Gasteiger partial charge in [-0.3, -0.25) is 0 Å². The van der Waals surface area contributed by atoms with Crippen LogP contribution in [-0.4, -0.2) is 25.3 Å². The van der Waals surface area contributed by atoms with Crippen LogP contribution < -0.4 is 5.32 Å². The van der Waals surface area contributed by atoms with Gasteiger partial charge in [0.2, 0.25) is 0 Å². The van der Waals surface area contributed by atoms with Gasteiger partial charge in [0.05, 0.1) is 6.10 Å². The maximum Gasteiger partial charge on any atom is 0.0547 e. The highest BCUT2D eigenvalue weighted by Gasteiger charge is 2.21. The highest BCUT2D eigenvalue weighted by molar-refractivity contribution is 4.72. The Kier molecular flexibility index (Phi) is 5.49. The van der Waals surface area contributed by atoms with Gasteiger partial charge in [0.15, 0.2) is 0 Å². The Labute approximate surface area is 88.4 Å². The van der Waals surface area contributed by atoms with Crippen molar-refractivity contribution < 1.29 is 4.74 Å². The van der Waals surface area contributed by atoms with Crippen molar-refractivity contribution in [2.75, 3.05) is 13.2 Å². The van der Waals surface area contributed by atoms with Crippen LogP contribution in [0.3, 0.4) is 0 Å². The number of ether oxygens (including phenoxy) is 1. The fourth-order valence-electron chi connectivity index (χ4n) is 1.45. The van der Waals surface area contributed by atoms with Gasteiger partial charge < -0.3 is 10.1 Å². The van der Waals surface area contributed by atoms with E-state index in [2.05, 4.69) is 26.1 Å². The van der Waals surface area contributed by atoms with Crippen molar-refractivity contribution in [1.29, 1.82) is 0 Å². The summed E-state index contributed by atoms with van der Waals surface area (Å²) in [7, 11) is 0. The van der Waals surface area contributed by atoms with Crippen LogP contribution in [0, 0.1) is 5.92 Å². The maximum absolute atomic E-state index is 5.75. The van der Waals surface area contributed by atoms with E-state index in [4.69, 9.17) is 4.74 Å². The van der Waals surface area contributed by atoms with Crippen molar-refractivity contribution in [3.05, 3.63) is 0 Å². The number of hydrogen-bond donors (Lipinski definition) is 1. The van der Waals surface area contributed by atoms with Crippen molar-refractivity contribution in [2.24, 2.45) is 5.92 Å². The predicted octanol–water partition coefficient (Wildman–Crippen LogP) is 2.58. The molecule has 1 atom stereocenters. The smallest absolute Gasteiger partial charge is 0.0547 e. The summed E-state index contributed by atoms with van der Waals surface area (Å²) in [5, 5.41) is 3.42. The van der Waals surface area contributed by atoms with Crippen molar-refractivity contribution in [3.8, 4) is 0 Å². The van der Waals surface area contributed by atoms with E-state index in [0.29, 0.717) is 12.1 Å². The molecule has 0 aliphatic heterocycles. The Hall–Kier alpha value is -0.0800. The second kappa shape index (κ2) is 6.41. The van der Waals surface area contributed by atoms with E-state index in [-0.39, 0.29) is 0 Å². The van der Waals surface area contributed by atoms with Crippen LogP contribution in [0.5, 0.6) is 0 Å². The van der Waals surface area contributed by atoms with Gasteiger partial charge >= 0.3 is 0 Å². The standard InChI is InChI=1S/C12H25NO/c1-10(2)13-8-4-5-11(3)14-9-12-6-7-12/h10-13H,4-9H2,1-3H3. The molecule has 0 saturated heterocycles. The molecule has 1 aliphatic carbocycles. The van der Waals surface area contributed by atoms with Gasteiger partial charge in [0, 0.05) is 12.6 Å². The van der Waals surface area contributed by atoms with Gasteiger partial charge in [-0.05, 0) is 45.1 Å². The molecule has 14 heavy (non-hydrogen) atoms. The SMILES string of the molecule is CC(C)NCCCC(C)OCC1CC1. The third kappa shape index (κ3) is 6.39. The zero-order chi connectivity index (χ0) is 10.4.